The van der Waals surface area contributed by atoms with Crippen LogP contribution in [0.25, 0.3) is 0 Å². The second-order valence-corrected chi connectivity index (χ2v) is 4.46. The van der Waals surface area contributed by atoms with Gasteiger partial charge < -0.3 is 9.84 Å². The van der Waals surface area contributed by atoms with Gasteiger partial charge in [-0.25, -0.2) is 0 Å². The third-order valence-electron chi connectivity index (χ3n) is 1.77. The lowest BCUT2D eigenvalue weighted by molar-refractivity contribution is -0.274. The maximum absolute atomic E-state index is 11.9. The van der Waals surface area contributed by atoms with Crippen LogP contribution < -0.4 is 4.74 Å². The summed E-state index contributed by atoms with van der Waals surface area (Å²) < 4.78 is 39.4. The molecule has 0 aliphatic rings. The van der Waals surface area contributed by atoms with Gasteiger partial charge in [-0.2, -0.15) is 0 Å². The molecule has 0 aromatic heterocycles. The summed E-state index contributed by atoms with van der Waals surface area (Å²) in [4.78, 5) is 10.6. The van der Waals surface area contributed by atoms with Crippen molar-refractivity contribution >= 4 is 16.9 Å². The average molecular weight is 290 g/mol. The number of carbonyl (C=O) groups excluding carboxylic acids is 1. The maximum Gasteiger partial charge on any atom is 0.573 e. The van der Waals surface area contributed by atoms with E-state index < -0.39 is 17.9 Å². The molecule has 0 saturated heterocycles. The quantitative estimate of drug-likeness (QED) is 0.851. The first-order valence-electron chi connectivity index (χ1n) is 4.99. The van der Waals surface area contributed by atoms with E-state index in [1.807, 2.05) is 0 Å². The van der Waals surface area contributed by atoms with E-state index in [4.69, 9.17) is 0 Å². The van der Waals surface area contributed by atoms with Crippen molar-refractivity contribution in [2.24, 2.45) is 0 Å². The topological polar surface area (TPSA) is 46.5 Å². The lowest BCUT2D eigenvalue weighted by atomic mass is 10.2. The largest absolute Gasteiger partial charge is 0.573 e. The number of hydrogen-bond acceptors (Lipinski definition) is 4. The van der Waals surface area contributed by atoms with E-state index in [1.165, 1.54) is 13.0 Å². The summed E-state index contributed by atoms with van der Waals surface area (Å²) >= 11 is 1.000. The first-order valence-corrected chi connectivity index (χ1v) is 5.97. The van der Waals surface area contributed by atoms with Crippen LogP contribution in [0.4, 0.5) is 13.2 Å². The first-order chi connectivity index (χ1) is 8.78. The second-order valence-electron chi connectivity index (χ2n) is 3.31. The fourth-order valence-corrected chi connectivity index (χ4v) is 1.43. The average Bonchev–Trinajstić information content (AvgIpc) is 2.24. The number of thioether (sulfide) groups is 1. The Bertz CT molecular complexity index is 529. The molecule has 0 amide bonds. The molecule has 0 aliphatic carbocycles. The van der Waals surface area contributed by atoms with Gasteiger partial charge >= 0.3 is 6.36 Å². The van der Waals surface area contributed by atoms with E-state index in [0.29, 0.717) is 0 Å². The van der Waals surface area contributed by atoms with Gasteiger partial charge in [0.05, 0.1) is 11.3 Å². The number of benzene rings is 1. The zero-order chi connectivity index (χ0) is 14.5. The van der Waals surface area contributed by atoms with Crippen molar-refractivity contribution in [1.82, 2.24) is 0 Å². The van der Waals surface area contributed by atoms with E-state index in [0.717, 1.165) is 23.9 Å². The van der Waals surface area contributed by atoms with Crippen molar-refractivity contribution in [2.75, 3.05) is 5.75 Å². The predicted octanol–water partition coefficient (Wildman–Crippen LogP) is 2.92. The molecule has 1 rings (SSSR count). The molecule has 7 heteroatoms. The van der Waals surface area contributed by atoms with Gasteiger partial charge in [-0.15, -0.1) is 13.2 Å². The van der Waals surface area contributed by atoms with Gasteiger partial charge in [-0.1, -0.05) is 23.6 Å². The first kappa shape index (κ1) is 15.2. The number of halogens is 3. The molecule has 1 aromatic carbocycles. The minimum atomic E-state index is -4.81. The van der Waals surface area contributed by atoms with Crippen molar-refractivity contribution < 1.29 is 27.8 Å². The van der Waals surface area contributed by atoms with E-state index >= 15 is 0 Å². The Morgan fingerprint density at radius 2 is 2.16 bits per heavy atom. The van der Waals surface area contributed by atoms with Crippen LogP contribution >= 0.6 is 11.8 Å². The molecule has 102 valence electrons. The highest BCUT2D eigenvalue weighted by atomic mass is 32.2. The monoisotopic (exact) mass is 290 g/mol. The molecule has 0 fully saturated rings. The van der Waals surface area contributed by atoms with Crippen molar-refractivity contribution in [2.45, 2.75) is 13.3 Å². The Hall–Kier alpha value is -1.81. The Morgan fingerprint density at radius 3 is 2.68 bits per heavy atom. The minimum absolute atomic E-state index is 0.0903. The van der Waals surface area contributed by atoms with Crippen LogP contribution in [0.1, 0.15) is 12.5 Å². The van der Waals surface area contributed by atoms with Crippen molar-refractivity contribution in [3.8, 4) is 23.3 Å². The fourth-order valence-electron chi connectivity index (χ4n) is 1.08. The summed E-state index contributed by atoms with van der Waals surface area (Å²) in [5, 5.41) is 9.38. The number of carbonyl (C=O) groups is 1. The Morgan fingerprint density at radius 1 is 1.47 bits per heavy atom. The van der Waals surface area contributed by atoms with Gasteiger partial charge in [0.15, 0.2) is 5.12 Å². The number of phenolic OH excluding ortho intramolecular Hbond substituents is 1. The Labute approximate surface area is 111 Å². The number of hydrogen-bond donors (Lipinski definition) is 1. The molecule has 0 spiro atoms. The number of aromatic hydroxyl groups is 1. The van der Waals surface area contributed by atoms with Gasteiger partial charge in [0.2, 0.25) is 0 Å². The molecule has 0 radical (unpaired) electrons. The van der Waals surface area contributed by atoms with Crippen molar-refractivity contribution in [1.29, 1.82) is 0 Å². The van der Waals surface area contributed by atoms with Gasteiger partial charge in [-0.05, 0) is 12.1 Å². The van der Waals surface area contributed by atoms with Crippen molar-refractivity contribution in [3.05, 3.63) is 23.8 Å². The maximum atomic E-state index is 11.9. The molecule has 0 atom stereocenters. The molecule has 19 heavy (non-hydrogen) atoms. The van der Waals surface area contributed by atoms with Crippen LogP contribution in [-0.4, -0.2) is 22.3 Å². The highest BCUT2D eigenvalue weighted by Gasteiger charge is 2.31. The molecule has 3 nitrogen and oxygen atoms in total. The summed E-state index contributed by atoms with van der Waals surface area (Å²) in [7, 11) is 0. The van der Waals surface area contributed by atoms with E-state index in [-0.39, 0.29) is 16.4 Å². The van der Waals surface area contributed by atoms with Gasteiger partial charge in [0, 0.05) is 13.0 Å². The minimum Gasteiger partial charge on any atom is -0.507 e. The summed E-state index contributed by atoms with van der Waals surface area (Å²) in [6.45, 7) is 1.40. The van der Waals surface area contributed by atoms with Gasteiger partial charge in [0.25, 0.3) is 0 Å². The molecule has 0 aliphatic heterocycles. The molecule has 1 N–H and O–H groups in total. The van der Waals surface area contributed by atoms with Crippen molar-refractivity contribution in [3.63, 3.8) is 0 Å². The Balaban J connectivity index is 2.75. The molecule has 0 bridgehead atoms. The zero-order valence-corrected chi connectivity index (χ0v) is 10.6. The third-order valence-corrected chi connectivity index (χ3v) is 2.47. The number of ether oxygens (including phenoxy) is 1. The molecule has 0 unspecified atom stereocenters. The SMILES string of the molecule is CC(=O)SCC#Cc1ccc(OC(F)(F)F)cc1O. The van der Waals surface area contributed by atoms with Crippen LogP contribution in [0.3, 0.4) is 0 Å². The second kappa shape index (κ2) is 6.38. The molecule has 0 saturated carbocycles. The van der Waals surface area contributed by atoms with Gasteiger partial charge in [0.1, 0.15) is 11.5 Å². The Kier molecular flexibility index (Phi) is 5.12. The normalized spacial score (nSPS) is 10.5. The summed E-state index contributed by atoms with van der Waals surface area (Å²) in [6, 6.07) is 3.09. The van der Waals surface area contributed by atoms with Crippen LogP contribution in [0, 0.1) is 11.8 Å². The zero-order valence-electron chi connectivity index (χ0n) is 9.75. The molecular formula is C12H9F3O3S. The van der Waals surface area contributed by atoms with Crippen LogP contribution in [0.5, 0.6) is 11.5 Å². The highest BCUT2D eigenvalue weighted by molar-refractivity contribution is 8.13. The van der Waals surface area contributed by atoms with Gasteiger partial charge in [-0.3, -0.25) is 4.79 Å². The fraction of sp³-hybridized carbons (Fsp3) is 0.250. The van der Waals surface area contributed by atoms with Crippen LogP contribution in [0.15, 0.2) is 18.2 Å². The predicted molar refractivity (Wildman–Crippen MR) is 64.8 cm³/mol. The highest BCUT2D eigenvalue weighted by Crippen LogP contribution is 2.27. The number of phenols is 1. The lowest BCUT2D eigenvalue weighted by Crippen LogP contribution is -2.17. The summed E-state index contributed by atoms with van der Waals surface area (Å²) in [5.41, 5.74) is 0.165. The molecule has 1 aromatic rings. The van der Waals surface area contributed by atoms with E-state index in [9.17, 15) is 23.1 Å². The molecule has 0 heterocycles. The van der Waals surface area contributed by atoms with Crippen LogP contribution in [0.2, 0.25) is 0 Å². The third kappa shape index (κ3) is 6.06. The standard InChI is InChI=1S/C12H9F3O3S/c1-8(16)19-6-2-3-9-4-5-10(7-11(9)17)18-12(13,14)15/h4-5,7,17H,6H2,1H3. The lowest BCUT2D eigenvalue weighted by Gasteiger charge is -2.09. The smallest absolute Gasteiger partial charge is 0.507 e. The number of rotatable bonds is 2. The van der Waals surface area contributed by atoms with E-state index in [1.54, 1.807) is 0 Å². The van der Waals surface area contributed by atoms with E-state index in [2.05, 4.69) is 16.6 Å². The summed E-state index contributed by atoms with van der Waals surface area (Å²) in [5.74, 6) is 4.47. The number of alkyl halides is 3. The molecular weight excluding hydrogens is 281 g/mol. The summed E-state index contributed by atoms with van der Waals surface area (Å²) in [6.07, 6.45) is -4.81. The van der Waals surface area contributed by atoms with Crippen LogP contribution in [-0.2, 0) is 4.79 Å².